The standard InChI is InChI=1S/C17H19ClN2O2S/c1-2-3-7-15-8-9-16(23-15)11-19-20-17(21)12-22-14-6-4-5-13(18)10-14/h4-6,8-11H,2-3,7,12H2,1H3,(H,20,21)/b19-11-. The molecular formula is C17H19ClN2O2S. The van der Waals surface area contributed by atoms with Crippen LogP contribution in [0, 0.1) is 0 Å². The van der Waals surface area contributed by atoms with Crippen molar-refractivity contribution in [3.63, 3.8) is 0 Å². The number of nitrogens with one attached hydrogen (secondary N) is 1. The number of thiophene rings is 1. The van der Waals surface area contributed by atoms with Crippen LogP contribution in [0.4, 0.5) is 0 Å². The zero-order valence-corrected chi connectivity index (χ0v) is 14.5. The molecule has 23 heavy (non-hydrogen) atoms. The zero-order chi connectivity index (χ0) is 16.5. The van der Waals surface area contributed by atoms with Crippen LogP contribution in [0.2, 0.25) is 5.02 Å². The van der Waals surface area contributed by atoms with Gasteiger partial charge in [0.15, 0.2) is 6.61 Å². The zero-order valence-electron chi connectivity index (χ0n) is 12.9. The van der Waals surface area contributed by atoms with Crippen LogP contribution in [0.25, 0.3) is 0 Å². The summed E-state index contributed by atoms with van der Waals surface area (Å²) in [4.78, 5) is 14.0. The molecule has 1 heterocycles. The molecule has 0 atom stereocenters. The number of hydrazone groups is 1. The highest BCUT2D eigenvalue weighted by atomic mass is 35.5. The second kappa shape index (κ2) is 9.33. The van der Waals surface area contributed by atoms with Crippen LogP contribution in [0.1, 0.15) is 29.5 Å². The van der Waals surface area contributed by atoms with E-state index >= 15 is 0 Å². The first-order chi connectivity index (χ1) is 11.2. The van der Waals surface area contributed by atoms with Crippen molar-refractivity contribution >= 4 is 35.1 Å². The molecule has 2 rings (SSSR count). The Morgan fingerprint density at radius 1 is 1.39 bits per heavy atom. The number of unbranched alkanes of at least 4 members (excludes halogenated alkanes) is 1. The SMILES string of the molecule is CCCCc1ccc(/C=N\NC(=O)COc2cccc(Cl)c2)s1. The van der Waals surface area contributed by atoms with Gasteiger partial charge < -0.3 is 4.74 Å². The average Bonchev–Trinajstić information content (AvgIpc) is 2.99. The molecule has 0 aliphatic heterocycles. The van der Waals surface area contributed by atoms with E-state index < -0.39 is 0 Å². The lowest BCUT2D eigenvalue weighted by Gasteiger charge is -2.04. The number of benzene rings is 1. The lowest BCUT2D eigenvalue weighted by Crippen LogP contribution is -2.24. The Bertz CT molecular complexity index is 670. The number of nitrogens with zero attached hydrogens (tertiary/aromatic N) is 1. The summed E-state index contributed by atoms with van der Waals surface area (Å²) in [7, 11) is 0. The predicted octanol–water partition coefficient (Wildman–Crippen LogP) is 4.27. The Kier molecular flexibility index (Phi) is 7.10. The van der Waals surface area contributed by atoms with Crippen LogP contribution in [0.5, 0.6) is 5.75 Å². The van der Waals surface area contributed by atoms with Crippen molar-refractivity contribution in [3.8, 4) is 5.75 Å². The second-order valence-electron chi connectivity index (χ2n) is 4.95. The van der Waals surface area contributed by atoms with E-state index in [4.69, 9.17) is 16.3 Å². The van der Waals surface area contributed by atoms with Crippen molar-refractivity contribution in [2.75, 3.05) is 6.61 Å². The van der Waals surface area contributed by atoms with Gasteiger partial charge in [-0.05, 0) is 43.2 Å². The topological polar surface area (TPSA) is 50.7 Å². The fourth-order valence-electron chi connectivity index (χ4n) is 1.86. The Morgan fingerprint density at radius 2 is 2.26 bits per heavy atom. The van der Waals surface area contributed by atoms with Gasteiger partial charge in [-0.1, -0.05) is 31.0 Å². The maximum absolute atomic E-state index is 11.7. The molecule has 0 saturated heterocycles. The summed E-state index contributed by atoms with van der Waals surface area (Å²) < 4.78 is 5.33. The summed E-state index contributed by atoms with van der Waals surface area (Å²) in [5, 5.41) is 4.51. The fourth-order valence-corrected chi connectivity index (χ4v) is 2.96. The van der Waals surface area contributed by atoms with Crippen LogP contribution in [0.3, 0.4) is 0 Å². The maximum atomic E-state index is 11.7. The van der Waals surface area contributed by atoms with Crippen molar-refractivity contribution in [3.05, 3.63) is 51.2 Å². The normalized spacial score (nSPS) is 10.9. The molecule has 0 unspecified atom stereocenters. The van der Waals surface area contributed by atoms with E-state index in [1.165, 1.54) is 17.7 Å². The van der Waals surface area contributed by atoms with Crippen molar-refractivity contribution in [2.45, 2.75) is 26.2 Å². The number of rotatable bonds is 8. The van der Waals surface area contributed by atoms with Gasteiger partial charge in [0.25, 0.3) is 5.91 Å². The van der Waals surface area contributed by atoms with Gasteiger partial charge in [0.2, 0.25) is 0 Å². The Hall–Kier alpha value is -1.85. The van der Waals surface area contributed by atoms with Crippen LogP contribution < -0.4 is 10.2 Å². The number of ether oxygens (including phenoxy) is 1. The number of amides is 1. The Balaban J connectivity index is 1.74. The molecular weight excluding hydrogens is 332 g/mol. The molecule has 122 valence electrons. The summed E-state index contributed by atoms with van der Waals surface area (Å²) in [5.41, 5.74) is 2.45. The van der Waals surface area contributed by atoms with Gasteiger partial charge in [0, 0.05) is 14.8 Å². The van der Waals surface area contributed by atoms with Gasteiger partial charge in [-0.2, -0.15) is 5.10 Å². The molecule has 1 N–H and O–H groups in total. The van der Waals surface area contributed by atoms with Gasteiger partial charge in [0.1, 0.15) is 5.75 Å². The molecule has 0 radical (unpaired) electrons. The summed E-state index contributed by atoms with van der Waals surface area (Å²) in [6.07, 6.45) is 5.12. The van der Waals surface area contributed by atoms with E-state index in [9.17, 15) is 4.79 Å². The summed E-state index contributed by atoms with van der Waals surface area (Å²) in [5.74, 6) is 0.236. The summed E-state index contributed by atoms with van der Waals surface area (Å²) in [6, 6.07) is 11.0. The molecule has 2 aromatic rings. The molecule has 0 saturated carbocycles. The van der Waals surface area contributed by atoms with Gasteiger partial charge in [-0.15, -0.1) is 11.3 Å². The lowest BCUT2D eigenvalue weighted by atomic mass is 10.2. The van der Waals surface area contributed by atoms with E-state index in [2.05, 4.69) is 23.5 Å². The number of aryl methyl sites for hydroxylation is 1. The van der Waals surface area contributed by atoms with Crippen LogP contribution in [-0.2, 0) is 11.2 Å². The highest BCUT2D eigenvalue weighted by Crippen LogP contribution is 2.17. The Labute approximate surface area is 145 Å². The third-order valence-electron chi connectivity index (χ3n) is 3.01. The first-order valence-electron chi connectivity index (χ1n) is 7.46. The number of halogens is 1. The first kappa shape index (κ1) is 17.5. The number of hydrogen-bond acceptors (Lipinski definition) is 4. The van der Waals surface area contributed by atoms with E-state index in [0.29, 0.717) is 10.8 Å². The van der Waals surface area contributed by atoms with Gasteiger partial charge in [0.05, 0.1) is 6.21 Å². The van der Waals surface area contributed by atoms with E-state index in [0.717, 1.165) is 11.3 Å². The Morgan fingerprint density at radius 3 is 3.04 bits per heavy atom. The van der Waals surface area contributed by atoms with E-state index in [1.54, 1.807) is 41.8 Å². The lowest BCUT2D eigenvalue weighted by molar-refractivity contribution is -0.123. The van der Waals surface area contributed by atoms with Crippen LogP contribution >= 0.6 is 22.9 Å². The smallest absolute Gasteiger partial charge is 0.277 e. The van der Waals surface area contributed by atoms with Crippen molar-refractivity contribution in [2.24, 2.45) is 5.10 Å². The molecule has 0 bridgehead atoms. The molecule has 0 fully saturated rings. The van der Waals surface area contributed by atoms with Crippen molar-refractivity contribution in [1.82, 2.24) is 5.43 Å². The van der Waals surface area contributed by atoms with Crippen molar-refractivity contribution in [1.29, 1.82) is 0 Å². The minimum atomic E-state index is -0.316. The molecule has 6 heteroatoms. The van der Waals surface area contributed by atoms with Crippen LogP contribution in [-0.4, -0.2) is 18.7 Å². The van der Waals surface area contributed by atoms with Gasteiger partial charge >= 0.3 is 0 Å². The third kappa shape index (κ3) is 6.42. The molecule has 1 aromatic carbocycles. The fraction of sp³-hybridized carbons (Fsp3) is 0.294. The molecule has 1 aromatic heterocycles. The number of carbonyl (C=O) groups excluding carboxylic acids is 1. The average molecular weight is 351 g/mol. The van der Waals surface area contributed by atoms with E-state index in [-0.39, 0.29) is 12.5 Å². The summed E-state index contributed by atoms with van der Waals surface area (Å²) >= 11 is 7.53. The minimum absolute atomic E-state index is 0.107. The van der Waals surface area contributed by atoms with Crippen LogP contribution in [0.15, 0.2) is 41.5 Å². The minimum Gasteiger partial charge on any atom is -0.484 e. The predicted molar refractivity (Wildman–Crippen MR) is 95.6 cm³/mol. The highest BCUT2D eigenvalue weighted by Gasteiger charge is 2.02. The van der Waals surface area contributed by atoms with Gasteiger partial charge in [-0.3, -0.25) is 4.79 Å². The van der Waals surface area contributed by atoms with Gasteiger partial charge in [-0.25, -0.2) is 5.43 Å². The largest absolute Gasteiger partial charge is 0.484 e. The molecule has 0 aliphatic carbocycles. The molecule has 0 spiro atoms. The van der Waals surface area contributed by atoms with E-state index in [1.807, 2.05) is 6.07 Å². The monoisotopic (exact) mass is 350 g/mol. The molecule has 4 nitrogen and oxygen atoms in total. The highest BCUT2D eigenvalue weighted by molar-refractivity contribution is 7.13. The second-order valence-corrected chi connectivity index (χ2v) is 6.58. The molecule has 1 amide bonds. The first-order valence-corrected chi connectivity index (χ1v) is 8.66. The third-order valence-corrected chi connectivity index (χ3v) is 4.32. The quantitative estimate of drug-likeness (QED) is 0.571. The summed E-state index contributed by atoms with van der Waals surface area (Å²) in [6.45, 7) is 2.07. The number of carbonyl (C=O) groups is 1. The maximum Gasteiger partial charge on any atom is 0.277 e. The number of hydrogen-bond donors (Lipinski definition) is 1. The van der Waals surface area contributed by atoms with Crippen molar-refractivity contribution < 1.29 is 9.53 Å². The molecule has 0 aliphatic rings.